The minimum Gasteiger partial charge on any atom is -0.488 e. The summed E-state index contributed by atoms with van der Waals surface area (Å²) in [6, 6.07) is 7.98. The minimum absolute atomic E-state index is 0.0528. The first-order valence-corrected chi connectivity index (χ1v) is 6.47. The van der Waals surface area contributed by atoms with Gasteiger partial charge in [-0.25, -0.2) is 8.78 Å². The van der Waals surface area contributed by atoms with Crippen LogP contribution in [0.5, 0.6) is 5.75 Å². The van der Waals surface area contributed by atoms with Gasteiger partial charge in [-0.15, -0.1) is 0 Å². The molecule has 104 valence electrons. The quantitative estimate of drug-likeness (QED) is 0.660. The second-order valence-electron chi connectivity index (χ2n) is 4.08. The Morgan fingerprint density at radius 1 is 1.15 bits per heavy atom. The predicted molar refractivity (Wildman–Crippen MR) is 75.8 cm³/mol. The normalized spacial score (nSPS) is 10.3. The lowest BCUT2D eigenvalue weighted by Crippen LogP contribution is -2.15. The first-order valence-electron chi connectivity index (χ1n) is 5.68. The summed E-state index contributed by atoms with van der Waals surface area (Å²) in [4.78, 5) is 0. The molecule has 2 aromatic rings. The van der Waals surface area contributed by atoms with Crippen molar-refractivity contribution in [2.24, 2.45) is 5.73 Å². The van der Waals surface area contributed by atoms with Crippen LogP contribution in [0, 0.1) is 17.0 Å². The molecule has 0 fully saturated rings. The molecule has 6 heteroatoms. The van der Waals surface area contributed by atoms with Crippen molar-refractivity contribution in [2.45, 2.75) is 6.61 Å². The summed E-state index contributed by atoms with van der Waals surface area (Å²) in [6.45, 7) is 0.0528. The van der Waals surface area contributed by atoms with Gasteiger partial charge in [0, 0.05) is 17.2 Å². The zero-order valence-electron chi connectivity index (χ0n) is 10.3. The topological polar surface area (TPSA) is 59.1 Å². The number of benzene rings is 2. The first kappa shape index (κ1) is 14.5. The van der Waals surface area contributed by atoms with Crippen LogP contribution < -0.4 is 10.5 Å². The van der Waals surface area contributed by atoms with Crippen LogP contribution in [0.3, 0.4) is 0 Å². The Kier molecular flexibility index (Phi) is 4.34. The highest BCUT2D eigenvalue weighted by Gasteiger charge is 2.09. The van der Waals surface area contributed by atoms with Gasteiger partial charge in [-0.1, -0.05) is 6.07 Å². The molecule has 3 N–H and O–H groups in total. The molecule has 0 spiro atoms. The van der Waals surface area contributed by atoms with Crippen molar-refractivity contribution in [3.8, 4) is 5.75 Å². The molecule has 0 amide bonds. The highest BCUT2D eigenvalue weighted by atomic mass is 79.9. The molecule has 2 aromatic carbocycles. The van der Waals surface area contributed by atoms with Crippen molar-refractivity contribution in [2.75, 3.05) is 0 Å². The van der Waals surface area contributed by atoms with Crippen LogP contribution in [-0.4, -0.2) is 5.84 Å². The third-order valence-electron chi connectivity index (χ3n) is 2.64. The lowest BCUT2D eigenvalue weighted by molar-refractivity contribution is 0.302. The van der Waals surface area contributed by atoms with E-state index < -0.39 is 11.6 Å². The SMILES string of the molecule is N=C(N)c1cc(F)ccc1COc1cc(F)ccc1Br. The van der Waals surface area contributed by atoms with Crippen molar-refractivity contribution < 1.29 is 13.5 Å². The molecule has 0 aromatic heterocycles. The molecule has 2 rings (SSSR count). The number of hydrogen-bond acceptors (Lipinski definition) is 2. The maximum absolute atomic E-state index is 13.1. The van der Waals surface area contributed by atoms with Crippen LogP contribution in [0.25, 0.3) is 0 Å². The summed E-state index contributed by atoms with van der Waals surface area (Å²) in [7, 11) is 0. The van der Waals surface area contributed by atoms with Crippen LogP contribution in [0.2, 0.25) is 0 Å². The fourth-order valence-electron chi connectivity index (χ4n) is 1.67. The summed E-state index contributed by atoms with van der Waals surface area (Å²) >= 11 is 3.24. The maximum Gasteiger partial charge on any atom is 0.136 e. The van der Waals surface area contributed by atoms with Gasteiger partial charge in [0.1, 0.15) is 29.8 Å². The Bertz CT molecular complexity index is 662. The molecular weight excluding hydrogens is 330 g/mol. The number of nitrogens with one attached hydrogen (secondary N) is 1. The van der Waals surface area contributed by atoms with Crippen molar-refractivity contribution >= 4 is 21.8 Å². The average molecular weight is 341 g/mol. The molecule has 0 radical (unpaired) electrons. The number of ether oxygens (including phenoxy) is 1. The lowest BCUT2D eigenvalue weighted by atomic mass is 10.1. The van der Waals surface area contributed by atoms with E-state index in [9.17, 15) is 8.78 Å². The van der Waals surface area contributed by atoms with E-state index in [1.165, 1.54) is 36.4 Å². The van der Waals surface area contributed by atoms with Crippen LogP contribution >= 0.6 is 15.9 Å². The molecule has 3 nitrogen and oxygen atoms in total. The van der Waals surface area contributed by atoms with E-state index in [2.05, 4.69) is 15.9 Å². The molecule has 0 saturated heterocycles. The Labute approximate surface area is 123 Å². The van der Waals surface area contributed by atoms with Gasteiger partial charge < -0.3 is 10.5 Å². The standard InChI is InChI=1S/C14H11BrF2N2O/c15-12-4-3-10(17)6-13(12)20-7-8-1-2-9(16)5-11(8)14(18)19/h1-6H,7H2,(H3,18,19). The second kappa shape index (κ2) is 6.00. The number of halogens is 3. The van der Waals surface area contributed by atoms with Gasteiger partial charge in [-0.05, 0) is 40.2 Å². The molecule has 0 bridgehead atoms. The van der Waals surface area contributed by atoms with E-state index in [1.54, 1.807) is 0 Å². The van der Waals surface area contributed by atoms with E-state index in [0.717, 1.165) is 0 Å². The van der Waals surface area contributed by atoms with Crippen molar-refractivity contribution in [3.63, 3.8) is 0 Å². The summed E-state index contributed by atoms with van der Waals surface area (Å²) in [6.07, 6.45) is 0. The van der Waals surface area contributed by atoms with Crippen LogP contribution in [0.15, 0.2) is 40.9 Å². The highest BCUT2D eigenvalue weighted by molar-refractivity contribution is 9.10. The van der Waals surface area contributed by atoms with Crippen LogP contribution in [0.1, 0.15) is 11.1 Å². The van der Waals surface area contributed by atoms with E-state index in [4.69, 9.17) is 15.9 Å². The van der Waals surface area contributed by atoms with Crippen molar-refractivity contribution in [1.29, 1.82) is 5.41 Å². The molecule has 0 aliphatic heterocycles. The molecule has 0 aliphatic rings. The van der Waals surface area contributed by atoms with Crippen molar-refractivity contribution in [1.82, 2.24) is 0 Å². The molecule has 0 aliphatic carbocycles. The largest absolute Gasteiger partial charge is 0.488 e. The van der Waals surface area contributed by atoms with Crippen LogP contribution in [0.4, 0.5) is 8.78 Å². The Balaban J connectivity index is 2.23. The lowest BCUT2D eigenvalue weighted by Gasteiger charge is -2.11. The van der Waals surface area contributed by atoms with Gasteiger partial charge in [0.05, 0.1) is 4.47 Å². The fraction of sp³-hybridized carbons (Fsp3) is 0.0714. The van der Waals surface area contributed by atoms with Crippen LogP contribution in [-0.2, 0) is 6.61 Å². The monoisotopic (exact) mass is 340 g/mol. The number of nitrogen functional groups attached to an aromatic ring is 1. The average Bonchev–Trinajstić information content (AvgIpc) is 2.40. The molecule has 0 heterocycles. The van der Waals surface area contributed by atoms with E-state index >= 15 is 0 Å². The van der Waals surface area contributed by atoms with Gasteiger partial charge in [0.25, 0.3) is 0 Å². The third-order valence-corrected chi connectivity index (χ3v) is 3.29. The van der Waals surface area contributed by atoms with E-state index in [1.807, 2.05) is 0 Å². The maximum atomic E-state index is 13.1. The zero-order chi connectivity index (χ0) is 14.7. The van der Waals surface area contributed by atoms with E-state index in [-0.39, 0.29) is 18.0 Å². The number of amidine groups is 1. The second-order valence-corrected chi connectivity index (χ2v) is 4.93. The smallest absolute Gasteiger partial charge is 0.136 e. The summed E-state index contributed by atoms with van der Waals surface area (Å²) < 4.78 is 32.3. The number of hydrogen-bond donors (Lipinski definition) is 2. The highest BCUT2D eigenvalue weighted by Crippen LogP contribution is 2.26. The van der Waals surface area contributed by atoms with Gasteiger partial charge in [0.2, 0.25) is 0 Å². The summed E-state index contributed by atoms with van der Waals surface area (Å²) in [5.41, 5.74) is 6.21. The molecular formula is C14H11BrF2N2O. The fourth-order valence-corrected chi connectivity index (χ4v) is 2.03. The Hall–Kier alpha value is -1.95. The summed E-state index contributed by atoms with van der Waals surface area (Å²) in [5.74, 6) is -0.829. The van der Waals surface area contributed by atoms with Crippen molar-refractivity contribution in [3.05, 3.63) is 63.6 Å². The minimum atomic E-state index is -0.481. The molecule has 0 saturated carbocycles. The first-order chi connectivity index (χ1) is 9.47. The Morgan fingerprint density at radius 2 is 1.80 bits per heavy atom. The summed E-state index contributed by atoms with van der Waals surface area (Å²) in [5, 5.41) is 7.42. The third kappa shape index (κ3) is 3.33. The van der Waals surface area contributed by atoms with Gasteiger partial charge >= 0.3 is 0 Å². The zero-order valence-corrected chi connectivity index (χ0v) is 11.9. The number of rotatable bonds is 4. The number of nitrogens with two attached hydrogens (primary N) is 1. The van der Waals surface area contributed by atoms with Gasteiger partial charge in [0.15, 0.2) is 0 Å². The van der Waals surface area contributed by atoms with Gasteiger partial charge in [-0.2, -0.15) is 0 Å². The van der Waals surface area contributed by atoms with Gasteiger partial charge in [-0.3, -0.25) is 5.41 Å². The molecule has 20 heavy (non-hydrogen) atoms. The Morgan fingerprint density at radius 3 is 2.50 bits per heavy atom. The van der Waals surface area contributed by atoms with E-state index in [0.29, 0.717) is 15.8 Å². The molecule has 0 unspecified atom stereocenters. The molecule has 0 atom stereocenters. The predicted octanol–water partition coefficient (Wildman–Crippen LogP) is 3.59.